The van der Waals surface area contributed by atoms with E-state index in [9.17, 15) is 5.11 Å². The first-order chi connectivity index (χ1) is 12.2. The second kappa shape index (κ2) is 12.2. The van der Waals surface area contributed by atoms with Gasteiger partial charge in [-0.05, 0) is 50.9 Å². The van der Waals surface area contributed by atoms with Crippen LogP contribution in [0.2, 0.25) is 0 Å². The van der Waals surface area contributed by atoms with Gasteiger partial charge in [-0.15, -0.1) is 24.0 Å². The number of benzene rings is 1. The number of likely N-dealkylation sites (tertiary alicyclic amines) is 1. The Bertz CT molecular complexity index is 560. The summed E-state index contributed by atoms with van der Waals surface area (Å²) < 4.78 is 5.22. The number of aromatic hydroxyl groups is 1. The molecular formula is C19H33IN4O2. The van der Waals surface area contributed by atoms with E-state index in [4.69, 9.17) is 4.74 Å². The summed E-state index contributed by atoms with van der Waals surface area (Å²) >= 11 is 0. The minimum Gasteiger partial charge on any atom is -0.508 e. The first-order valence-electron chi connectivity index (χ1n) is 9.29. The third kappa shape index (κ3) is 7.19. The van der Waals surface area contributed by atoms with Crippen molar-refractivity contribution < 1.29 is 9.84 Å². The molecule has 1 aliphatic heterocycles. The lowest BCUT2D eigenvalue weighted by Crippen LogP contribution is -2.48. The van der Waals surface area contributed by atoms with Crippen LogP contribution in [0.1, 0.15) is 38.7 Å². The standard InChI is InChI=1S/C19H32N4O2.HI/c1-4-10-23-11-8-16(9-12-23)22-19(20-5-2)21-14-15-13-17(25-3)6-7-18(15)24;/h6-7,13,16,24H,4-5,8-12,14H2,1-3H3,(H2,20,21,22);1H. The van der Waals surface area contributed by atoms with Crippen LogP contribution in [0, 0.1) is 0 Å². The molecule has 0 amide bonds. The van der Waals surface area contributed by atoms with Gasteiger partial charge in [-0.25, -0.2) is 4.99 Å². The van der Waals surface area contributed by atoms with Crippen LogP contribution in [0.15, 0.2) is 23.2 Å². The average molecular weight is 476 g/mol. The summed E-state index contributed by atoms with van der Waals surface area (Å²) in [6, 6.07) is 5.67. The number of nitrogens with one attached hydrogen (secondary N) is 2. The molecule has 1 aliphatic rings. The second-order valence-electron chi connectivity index (χ2n) is 6.45. The number of rotatable bonds is 7. The van der Waals surface area contributed by atoms with E-state index in [-0.39, 0.29) is 29.7 Å². The second-order valence-corrected chi connectivity index (χ2v) is 6.45. The first-order valence-corrected chi connectivity index (χ1v) is 9.29. The fourth-order valence-electron chi connectivity index (χ4n) is 3.11. The van der Waals surface area contributed by atoms with Gasteiger partial charge in [0, 0.05) is 31.2 Å². The molecule has 1 fully saturated rings. The Labute approximate surface area is 174 Å². The predicted molar refractivity (Wildman–Crippen MR) is 118 cm³/mol. The zero-order valence-corrected chi connectivity index (χ0v) is 18.5. The van der Waals surface area contributed by atoms with Crippen molar-refractivity contribution >= 4 is 29.9 Å². The van der Waals surface area contributed by atoms with E-state index in [0.717, 1.165) is 49.7 Å². The molecule has 0 aromatic heterocycles. The fourth-order valence-corrected chi connectivity index (χ4v) is 3.11. The van der Waals surface area contributed by atoms with Gasteiger partial charge in [-0.3, -0.25) is 0 Å². The molecule has 1 saturated heterocycles. The lowest BCUT2D eigenvalue weighted by molar-refractivity contribution is 0.206. The maximum absolute atomic E-state index is 10.0. The number of nitrogens with zero attached hydrogens (tertiary/aromatic N) is 2. The number of phenols is 1. The number of guanidine groups is 1. The van der Waals surface area contributed by atoms with Crippen molar-refractivity contribution in [3.8, 4) is 11.5 Å². The van der Waals surface area contributed by atoms with Crippen LogP contribution in [0.25, 0.3) is 0 Å². The molecule has 26 heavy (non-hydrogen) atoms. The summed E-state index contributed by atoms with van der Waals surface area (Å²) in [4.78, 5) is 7.16. The minimum absolute atomic E-state index is 0. The van der Waals surface area contributed by atoms with E-state index < -0.39 is 0 Å². The maximum atomic E-state index is 10.0. The van der Waals surface area contributed by atoms with E-state index in [1.54, 1.807) is 19.2 Å². The van der Waals surface area contributed by atoms with E-state index in [1.807, 2.05) is 6.07 Å². The van der Waals surface area contributed by atoms with E-state index >= 15 is 0 Å². The number of halogens is 1. The Hall–Kier alpha value is -1.22. The third-order valence-electron chi connectivity index (χ3n) is 4.51. The van der Waals surface area contributed by atoms with Crippen LogP contribution in [0.4, 0.5) is 0 Å². The number of hydrogen-bond donors (Lipinski definition) is 3. The van der Waals surface area contributed by atoms with Gasteiger partial charge in [0.1, 0.15) is 11.5 Å². The van der Waals surface area contributed by atoms with E-state index in [2.05, 4.69) is 34.4 Å². The Morgan fingerprint density at radius 3 is 2.65 bits per heavy atom. The van der Waals surface area contributed by atoms with Gasteiger partial charge in [0.05, 0.1) is 13.7 Å². The monoisotopic (exact) mass is 476 g/mol. The zero-order valence-electron chi connectivity index (χ0n) is 16.1. The summed E-state index contributed by atoms with van der Waals surface area (Å²) in [7, 11) is 1.62. The van der Waals surface area contributed by atoms with Crippen molar-refractivity contribution in [3.63, 3.8) is 0 Å². The topological polar surface area (TPSA) is 69.1 Å². The number of aliphatic imine (C=N–C) groups is 1. The maximum Gasteiger partial charge on any atom is 0.191 e. The predicted octanol–water partition coefficient (Wildman–Crippen LogP) is 2.95. The molecule has 148 valence electrons. The normalized spacial score (nSPS) is 16.0. The zero-order chi connectivity index (χ0) is 18.1. The third-order valence-corrected chi connectivity index (χ3v) is 4.51. The lowest BCUT2D eigenvalue weighted by Gasteiger charge is -2.32. The number of hydrogen-bond acceptors (Lipinski definition) is 4. The molecule has 6 nitrogen and oxygen atoms in total. The van der Waals surface area contributed by atoms with Crippen LogP contribution in [-0.2, 0) is 6.54 Å². The molecule has 0 radical (unpaired) electrons. The molecule has 0 aliphatic carbocycles. The van der Waals surface area contributed by atoms with Crippen molar-refractivity contribution in [2.45, 2.75) is 45.7 Å². The smallest absolute Gasteiger partial charge is 0.191 e. The molecule has 0 unspecified atom stereocenters. The van der Waals surface area contributed by atoms with Gasteiger partial charge in [-0.2, -0.15) is 0 Å². The molecule has 0 atom stereocenters. The molecule has 7 heteroatoms. The highest BCUT2D eigenvalue weighted by atomic mass is 127. The van der Waals surface area contributed by atoms with Crippen molar-refractivity contribution in [2.24, 2.45) is 4.99 Å². The quantitative estimate of drug-likeness (QED) is 0.321. The van der Waals surface area contributed by atoms with Crippen molar-refractivity contribution in [1.82, 2.24) is 15.5 Å². The highest BCUT2D eigenvalue weighted by Gasteiger charge is 2.19. The molecular weight excluding hydrogens is 443 g/mol. The minimum atomic E-state index is 0. The summed E-state index contributed by atoms with van der Waals surface area (Å²) in [6.07, 6.45) is 3.48. The number of methoxy groups -OCH3 is 1. The van der Waals surface area contributed by atoms with Gasteiger partial charge >= 0.3 is 0 Å². The van der Waals surface area contributed by atoms with Gasteiger partial charge in [0.25, 0.3) is 0 Å². The van der Waals surface area contributed by atoms with Crippen molar-refractivity contribution in [2.75, 3.05) is 33.3 Å². The summed E-state index contributed by atoms with van der Waals surface area (Å²) in [5.74, 6) is 1.77. The molecule has 2 rings (SSSR count). The fraction of sp³-hybridized carbons (Fsp3) is 0.632. The molecule has 3 N–H and O–H groups in total. The SMILES string of the molecule is CCCN1CCC(NC(=NCc2cc(OC)ccc2O)NCC)CC1.I. The van der Waals surface area contributed by atoms with Gasteiger partial charge < -0.3 is 25.4 Å². The van der Waals surface area contributed by atoms with Crippen LogP contribution in [0.5, 0.6) is 11.5 Å². The lowest BCUT2D eigenvalue weighted by atomic mass is 10.1. The summed E-state index contributed by atoms with van der Waals surface area (Å²) in [6.45, 7) is 8.98. The Morgan fingerprint density at radius 2 is 2.04 bits per heavy atom. The number of phenolic OH excluding ortho intramolecular Hbond substituents is 1. The van der Waals surface area contributed by atoms with Gasteiger partial charge in [-0.1, -0.05) is 6.92 Å². The van der Waals surface area contributed by atoms with Crippen LogP contribution in [0.3, 0.4) is 0 Å². The van der Waals surface area contributed by atoms with E-state index in [0.29, 0.717) is 12.6 Å². The highest BCUT2D eigenvalue weighted by molar-refractivity contribution is 14.0. The van der Waals surface area contributed by atoms with E-state index in [1.165, 1.54) is 13.0 Å². The largest absolute Gasteiger partial charge is 0.508 e. The molecule has 0 bridgehead atoms. The molecule has 1 heterocycles. The Morgan fingerprint density at radius 1 is 1.31 bits per heavy atom. The average Bonchev–Trinajstić information content (AvgIpc) is 2.63. The molecule has 1 aromatic rings. The number of ether oxygens (including phenoxy) is 1. The van der Waals surface area contributed by atoms with Gasteiger partial charge in [0.2, 0.25) is 0 Å². The van der Waals surface area contributed by atoms with Crippen molar-refractivity contribution in [1.29, 1.82) is 0 Å². The van der Waals surface area contributed by atoms with Crippen LogP contribution in [-0.4, -0.2) is 55.3 Å². The highest BCUT2D eigenvalue weighted by Crippen LogP contribution is 2.23. The Kier molecular flexibility index (Phi) is 10.7. The summed E-state index contributed by atoms with van der Waals surface area (Å²) in [5, 5.41) is 16.8. The van der Waals surface area contributed by atoms with Crippen LogP contribution >= 0.6 is 24.0 Å². The first kappa shape index (κ1) is 22.8. The molecule has 0 saturated carbocycles. The molecule has 0 spiro atoms. The summed E-state index contributed by atoms with van der Waals surface area (Å²) in [5.41, 5.74) is 0.759. The Balaban J connectivity index is 0.00000338. The molecule has 1 aromatic carbocycles. The van der Waals surface area contributed by atoms with Crippen molar-refractivity contribution in [3.05, 3.63) is 23.8 Å². The van der Waals surface area contributed by atoms with Gasteiger partial charge in [0.15, 0.2) is 5.96 Å². The number of piperidine rings is 1. The van der Waals surface area contributed by atoms with Crippen LogP contribution < -0.4 is 15.4 Å².